The van der Waals surface area contributed by atoms with Crippen LogP contribution in [0.5, 0.6) is 5.75 Å². The minimum Gasteiger partial charge on any atom is -0.543 e. The summed E-state index contributed by atoms with van der Waals surface area (Å²) in [6, 6.07) is 4.14. The van der Waals surface area contributed by atoms with Crippen molar-refractivity contribution in [1.82, 2.24) is 10.1 Å². The number of fused-ring (bicyclic) bond motifs is 1. The van der Waals surface area contributed by atoms with E-state index in [0.29, 0.717) is 19.0 Å². The number of hydrogen-bond acceptors (Lipinski definition) is 4. The SMILES string of the molecule is C/C=C/c1cc(O[Si](C)(C)C(C)(C)C)cc2c(CCC3CCN(C(=O)O)CC3)noc12. The smallest absolute Gasteiger partial charge is 0.407 e. The second-order valence-electron chi connectivity index (χ2n) is 10.1. The zero-order valence-electron chi connectivity index (χ0n) is 19.7. The Morgan fingerprint density at radius 3 is 2.58 bits per heavy atom. The van der Waals surface area contributed by atoms with Crippen LogP contribution in [0.1, 0.15) is 58.2 Å². The summed E-state index contributed by atoms with van der Waals surface area (Å²) in [6.07, 6.45) is 6.86. The molecule has 0 atom stereocenters. The zero-order valence-corrected chi connectivity index (χ0v) is 20.7. The normalized spacial score (nSPS) is 16.4. The number of rotatable bonds is 6. The molecule has 6 nitrogen and oxygen atoms in total. The average molecular weight is 445 g/mol. The number of benzene rings is 1. The van der Waals surface area contributed by atoms with Crippen molar-refractivity contribution in [1.29, 1.82) is 0 Å². The molecule has 1 aromatic heterocycles. The zero-order chi connectivity index (χ0) is 22.8. The monoisotopic (exact) mass is 444 g/mol. The van der Waals surface area contributed by atoms with E-state index < -0.39 is 14.4 Å². The Balaban J connectivity index is 1.81. The number of piperidine rings is 1. The first-order valence-electron chi connectivity index (χ1n) is 11.2. The van der Waals surface area contributed by atoms with Gasteiger partial charge in [0, 0.05) is 24.0 Å². The number of allylic oxidation sites excluding steroid dienone is 1. The highest BCUT2D eigenvalue weighted by Crippen LogP contribution is 2.39. The van der Waals surface area contributed by atoms with Crippen molar-refractivity contribution in [2.24, 2.45) is 5.92 Å². The summed E-state index contributed by atoms with van der Waals surface area (Å²) in [6.45, 7) is 14.5. The predicted octanol–water partition coefficient (Wildman–Crippen LogP) is 6.57. The van der Waals surface area contributed by atoms with Gasteiger partial charge < -0.3 is 19.0 Å². The first-order chi connectivity index (χ1) is 14.5. The van der Waals surface area contributed by atoms with E-state index in [2.05, 4.69) is 51.2 Å². The number of aromatic nitrogens is 1. The van der Waals surface area contributed by atoms with Crippen molar-refractivity contribution >= 4 is 31.5 Å². The molecule has 1 saturated heterocycles. The third-order valence-electron chi connectivity index (χ3n) is 6.85. The highest BCUT2D eigenvalue weighted by Gasteiger charge is 2.39. The van der Waals surface area contributed by atoms with Gasteiger partial charge in [0.1, 0.15) is 5.75 Å². The van der Waals surface area contributed by atoms with Gasteiger partial charge in [0.05, 0.1) is 5.69 Å². The van der Waals surface area contributed by atoms with Gasteiger partial charge in [0.2, 0.25) is 8.32 Å². The second kappa shape index (κ2) is 9.07. The van der Waals surface area contributed by atoms with Crippen molar-refractivity contribution in [3.8, 4) is 5.75 Å². The van der Waals surface area contributed by atoms with Gasteiger partial charge in [-0.1, -0.05) is 38.1 Å². The van der Waals surface area contributed by atoms with Crippen LogP contribution in [0.25, 0.3) is 17.0 Å². The van der Waals surface area contributed by atoms with Gasteiger partial charge in [0.25, 0.3) is 0 Å². The van der Waals surface area contributed by atoms with Crippen LogP contribution < -0.4 is 4.43 Å². The van der Waals surface area contributed by atoms with E-state index in [0.717, 1.165) is 53.7 Å². The molecule has 1 aliphatic heterocycles. The van der Waals surface area contributed by atoms with E-state index >= 15 is 0 Å². The summed E-state index contributed by atoms with van der Waals surface area (Å²) >= 11 is 0. The maximum Gasteiger partial charge on any atom is 0.407 e. The lowest BCUT2D eigenvalue weighted by molar-refractivity contribution is 0.123. The topological polar surface area (TPSA) is 75.8 Å². The molecule has 31 heavy (non-hydrogen) atoms. The lowest BCUT2D eigenvalue weighted by atomic mass is 9.91. The Morgan fingerprint density at radius 1 is 1.32 bits per heavy atom. The van der Waals surface area contributed by atoms with Crippen molar-refractivity contribution in [3.05, 3.63) is 29.5 Å². The minimum absolute atomic E-state index is 0.116. The summed E-state index contributed by atoms with van der Waals surface area (Å²) in [5, 5.41) is 14.7. The molecule has 2 aromatic rings. The molecule has 0 saturated carbocycles. The molecule has 1 aromatic carbocycles. The van der Waals surface area contributed by atoms with Crippen LogP contribution in [0.15, 0.2) is 22.7 Å². The molecule has 0 aliphatic carbocycles. The molecule has 2 heterocycles. The molecular weight excluding hydrogens is 408 g/mol. The summed E-state index contributed by atoms with van der Waals surface area (Å²) in [5.41, 5.74) is 2.75. The van der Waals surface area contributed by atoms with Crippen LogP contribution in [0.4, 0.5) is 4.79 Å². The molecule has 3 rings (SSSR count). The van der Waals surface area contributed by atoms with E-state index in [1.807, 2.05) is 19.1 Å². The van der Waals surface area contributed by atoms with E-state index in [1.165, 1.54) is 4.90 Å². The lowest BCUT2D eigenvalue weighted by Crippen LogP contribution is -2.43. The molecule has 1 amide bonds. The van der Waals surface area contributed by atoms with Crippen LogP contribution in [0.3, 0.4) is 0 Å². The summed E-state index contributed by atoms with van der Waals surface area (Å²) in [4.78, 5) is 12.6. The highest BCUT2D eigenvalue weighted by atomic mass is 28.4. The van der Waals surface area contributed by atoms with Crippen LogP contribution >= 0.6 is 0 Å². The minimum atomic E-state index is -1.96. The van der Waals surface area contributed by atoms with Crippen LogP contribution in [0.2, 0.25) is 18.1 Å². The van der Waals surface area contributed by atoms with Crippen LogP contribution in [-0.2, 0) is 6.42 Å². The Hall–Kier alpha value is -2.28. The molecule has 0 radical (unpaired) electrons. The number of carboxylic acid groups (broad SMARTS) is 1. The molecular formula is C24H36N2O4Si. The van der Waals surface area contributed by atoms with Crippen LogP contribution in [-0.4, -0.2) is 42.7 Å². The van der Waals surface area contributed by atoms with Crippen molar-refractivity contribution in [2.75, 3.05) is 13.1 Å². The molecule has 0 unspecified atom stereocenters. The molecule has 0 spiro atoms. The summed E-state index contributed by atoms with van der Waals surface area (Å²) in [5.74, 6) is 1.40. The Morgan fingerprint density at radius 2 is 2.00 bits per heavy atom. The number of likely N-dealkylation sites (tertiary alicyclic amines) is 1. The average Bonchev–Trinajstić information content (AvgIpc) is 3.09. The van der Waals surface area contributed by atoms with E-state index in [1.54, 1.807) is 0 Å². The van der Waals surface area contributed by atoms with Gasteiger partial charge in [-0.3, -0.25) is 0 Å². The molecule has 1 aliphatic rings. The Kier molecular flexibility index (Phi) is 6.84. The molecule has 170 valence electrons. The molecule has 7 heteroatoms. The highest BCUT2D eigenvalue weighted by molar-refractivity contribution is 6.74. The predicted molar refractivity (Wildman–Crippen MR) is 127 cm³/mol. The Bertz CT molecular complexity index is 950. The fourth-order valence-electron chi connectivity index (χ4n) is 3.83. The van der Waals surface area contributed by atoms with Gasteiger partial charge in [-0.2, -0.15) is 0 Å². The molecule has 1 fully saturated rings. The standard InChI is InChI=1S/C24H36N2O4Si/c1-7-8-18-15-19(30-31(5,6)24(2,3)4)16-20-21(25-29-22(18)20)10-9-17-11-13-26(14-12-17)23(27)28/h7-8,15-17H,9-14H2,1-6H3,(H,27,28)/b8-7+. The first kappa shape index (κ1) is 23.4. The third kappa shape index (κ3) is 5.32. The fraction of sp³-hybridized carbons (Fsp3) is 0.583. The maximum atomic E-state index is 11.1. The number of aryl methyl sites for hydroxylation is 1. The fourth-order valence-corrected chi connectivity index (χ4v) is 4.85. The number of nitrogens with zero attached hydrogens (tertiary/aromatic N) is 2. The number of amides is 1. The maximum absolute atomic E-state index is 11.1. The van der Waals surface area contributed by atoms with Gasteiger partial charge in [-0.15, -0.1) is 0 Å². The van der Waals surface area contributed by atoms with E-state index in [9.17, 15) is 4.79 Å². The van der Waals surface area contributed by atoms with Gasteiger partial charge >= 0.3 is 6.09 Å². The van der Waals surface area contributed by atoms with Crippen LogP contribution in [0, 0.1) is 5.92 Å². The van der Waals surface area contributed by atoms with Crippen molar-refractivity contribution in [3.63, 3.8) is 0 Å². The van der Waals surface area contributed by atoms with Gasteiger partial charge in [-0.05, 0) is 68.8 Å². The summed E-state index contributed by atoms with van der Waals surface area (Å²) in [7, 11) is -1.96. The van der Waals surface area contributed by atoms with Gasteiger partial charge in [-0.25, -0.2) is 4.79 Å². The number of carbonyl (C=O) groups is 1. The second-order valence-corrected chi connectivity index (χ2v) is 14.9. The van der Waals surface area contributed by atoms with Crippen molar-refractivity contribution < 1.29 is 18.9 Å². The van der Waals surface area contributed by atoms with Crippen molar-refractivity contribution in [2.45, 2.75) is 71.5 Å². The van der Waals surface area contributed by atoms with E-state index in [-0.39, 0.29) is 5.04 Å². The quantitative estimate of drug-likeness (QED) is 0.510. The van der Waals surface area contributed by atoms with E-state index in [4.69, 9.17) is 14.1 Å². The Labute approximate surface area is 186 Å². The first-order valence-corrected chi connectivity index (χ1v) is 14.1. The molecule has 1 N–H and O–H groups in total. The summed E-state index contributed by atoms with van der Waals surface area (Å²) < 4.78 is 12.3. The molecule has 0 bridgehead atoms. The largest absolute Gasteiger partial charge is 0.543 e. The third-order valence-corrected chi connectivity index (χ3v) is 11.2. The van der Waals surface area contributed by atoms with Gasteiger partial charge in [0.15, 0.2) is 5.58 Å². The number of hydrogen-bond donors (Lipinski definition) is 1. The lowest BCUT2D eigenvalue weighted by Gasteiger charge is -2.36.